The van der Waals surface area contributed by atoms with E-state index in [0.717, 1.165) is 4.90 Å². The minimum absolute atomic E-state index is 0.554. The molecule has 1 saturated heterocycles. The molecule has 2 aliphatic rings. The summed E-state index contributed by atoms with van der Waals surface area (Å²) in [6.07, 6.45) is 0. The smallest absolute Gasteiger partial charge is 0.252 e. The van der Waals surface area contributed by atoms with Gasteiger partial charge in [0.2, 0.25) is 0 Å². The Balaban J connectivity index is 2.76. The minimum atomic E-state index is -1.47. The molecule has 0 spiro atoms. The fourth-order valence-electron chi connectivity index (χ4n) is 2.87. The lowest BCUT2D eigenvalue weighted by Crippen LogP contribution is -2.37. The summed E-state index contributed by atoms with van der Waals surface area (Å²) in [6.45, 7) is 3.23. The molecule has 2 atom stereocenters. The molecule has 0 aromatic carbocycles. The van der Waals surface area contributed by atoms with Gasteiger partial charge >= 0.3 is 0 Å². The van der Waals surface area contributed by atoms with Crippen LogP contribution in [-0.4, -0.2) is 23.8 Å². The highest BCUT2D eigenvalue weighted by Gasteiger charge is 2.96. The highest BCUT2D eigenvalue weighted by atomic mass is 16.2. The molecule has 2 amide bonds. The van der Waals surface area contributed by atoms with E-state index in [4.69, 9.17) is 10.5 Å². The van der Waals surface area contributed by atoms with Crippen molar-refractivity contribution in [3.8, 4) is 12.1 Å². The number of carbonyl (C=O) groups excluding carboxylic acids is 2. The Morgan fingerprint density at radius 2 is 1.40 bits per heavy atom. The molecule has 0 radical (unpaired) electrons. The largest absolute Gasteiger partial charge is 0.283 e. The maximum Gasteiger partial charge on any atom is 0.252 e. The SMILES string of the molecule is CN1C(=O)[C@@]2(C#N)C(C)(C)[C@]2(C#N)C1=O. The molecule has 1 heterocycles. The average Bonchev–Trinajstić information content (AvgIpc) is 2.58. The van der Waals surface area contributed by atoms with Gasteiger partial charge in [-0.3, -0.25) is 14.5 Å². The van der Waals surface area contributed by atoms with E-state index in [2.05, 4.69) is 0 Å². The van der Waals surface area contributed by atoms with Crippen molar-refractivity contribution in [1.82, 2.24) is 4.90 Å². The van der Waals surface area contributed by atoms with Gasteiger partial charge in [0.25, 0.3) is 11.8 Å². The van der Waals surface area contributed by atoms with Gasteiger partial charge < -0.3 is 0 Å². The Bertz CT molecular complexity index is 440. The van der Waals surface area contributed by atoms with Gasteiger partial charge in [0.1, 0.15) is 0 Å². The normalized spacial score (nSPS) is 40.7. The zero-order valence-electron chi connectivity index (χ0n) is 8.66. The number of piperidine rings is 1. The molecule has 0 aromatic rings. The van der Waals surface area contributed by atoms with Crippen molar-refractivity contribution in [2.24, 2.45) is 16.2 Å². The van der Waals surface area contributed by atoms with E-state index < -0.39 is 28.1 Å². The molecule has 1 aliphatic heterocycles. The first-order valence-corrected chi connectivity index (χ1v) is 4.50. The summed E-state index contributed by atoms with van der Waals surface area (Å²) in [7, 11) is 1.31. The third kappa shape index (κ3) is 0.514. The number of rotatable bonds is 0. The van der Waals surface area contributed by atoms with Crippen LogP contribution in [0.25, 0.3) is 0 Å². The van der Waals surface area contributed by atoms with E-state index in [1.807, 2.05) is 12.1 Å². The second-order valence-electron chi connectivity index (χ2n) is 4.52. The number of nitriles is 2. The number of fused-ring (bicyclic) bond motifs is 1. The summed E-state index contributed by atoms with van der Waals surface area (Å²) in [4.78, 5) is 24.5. The van der Waals surface area contributed by atoms with E-state index in [9.17, 15) is 9.59 Å². The molecule has 1 saturated carbocycles. The Kier molecular flexibility index (Phi) is 1.31. The van der Waals surface area contributed by atoms with Crippen LogP contribution in [0.2, 0.25) is 0 Å². The molecule has 15 heavy (non-hydrogen) atoms. The van der Waals surface area contributed by atoms with E-state index in [1.165, 1.54) is 7.05 Å². The lowest BCUT2D eigenvalue weighted by Gasteiger charge is -2.18. The van der Waals surface area contributed by atoms with E-state index in [0.29, 0.717) is 0 Å². The Labute approximate surface area is 86.9 Å². The van der Waals surface area contributed by atoms with Gasteiger partial charge in [-0.25, -0.2) is 0 Å². The van der Waals surface area contributed by atoms with Crippen LogP contribution >= 0.6 is 0 Å². The predicted molar refractivity (Wildman–Crippen MR) is 47.7 cm³/mol. The molecule has 0 unspecified atom stereocenters. The minimum Gasteiger partial charge on any atom is -0.283 e. The van der Waals surface area contributed by atoms with Gasteiger partial charge in [-0.1, -0.05) is 13.8 Å². The maximum atomic E-state index is 11.8. The maximum absolute atomic E-state index is 11.8. The van der Waals surface area contributed by atoms with Gasteiger partial charge in [0.05, 0.1) is 12.1 Å². The van der Waals surface area contributed by atoms with Crippen LogP contribution in [0, 0.1) is 38.9 Å². The highest BCUT2D eigenvalue weighted by molar-refractivity contribution is 6.19. The molecule has 76 valence electrons. The van der Waals surface area contributed by atoms with Crippen molar-refractivity contribution in [1.29, 1.82) is 10.5 Å². The van der Waals surface area contributed by atoms with Gasteiger partial charge in [-0.2, -0.15) is 10.5 Å². The number of nitrogens with zero attached hydrogens (tertiary/aromatic N) is 3. The van der Waals surface area contributed by atoms with Crippen molar-refractivity contribution in [3.05, 3.63) is 0 Å². The third-order valence-electron chi connectivity index (χ3n) is 3.96. The summed E-state index contributed by atoms with van der Waals surface area (Å²) in [5.74, 6) is -1.11. The second-order valence-corrected chi connectivity index (χ2v) is 4.52. The van der Waals surface area contributed by atoms with E-state index >= 15 is 0 Å². The first-order valence-electron chi connectivity index (χ1n) is 4.50. The Morgan fingerprint density at radius 1 is 1.07 bits per heavy atom. The van der Waals surface area contributed by atoms with Crippen molar-refractivity contribution in [2.45, 2.75) is 13.8 Å². The van der Waals surface area contributed by atoms with Crippen LogP contribution in [0.3, 0.4) is 0 Å². The fraction of sp³-hybridized carbons (Fsp3) is 0.600. The van der Waals surface area contributed by atoms with Crippen molar-refractivity contribution < 1.29 is 9.59 Å². The van der Waals surface area contributed by atoms with Crippen LogP contribution in [-0.2, 0) is 9.59 Å². The van der Waals surface area contributed by atoms with Crippen molar-refractivity contribution in [2.75, 3.05) is 7.05 Å². The zero-order chi connectivity index (χ0) is 11.6. The lowest BCUT2D eigenvalue weighted by molar-refractivity contribution is -0.143. The molecule has 1 aliphatic carbocycles. The average molecular weight is 203 g/mol. The summed E-state index contributed by atoms with van der Waals surface area (Å²) < 4.78 is 0. The molecule has 0 bridgehead atoms. The fourth-order valence-corrected chi connectivity index (χ4v) is 2.87. The van der Waals surface area contributed by atoms with Crippen LogP contribution < -0.4 is 0 Å². The molecule has 0 aromatic heterocycles. The molecular formula is C10H9N3O2. The number of hydrogen-bond donors (Lipinski definition) is 0. The zero-order valence-corrected chi connectivity index (χ0v) is 8.66. The lowest BCUT2D eigenvalue weighted by atomic mass is 9.95. The molecule has 5 heteroatoms. The van der Waals surface area contributed by atoms with Gasteiger partial charge in [0, 0.05) is 12.5 Å². The molecular weight excluding hydrogens is 194 g/mol. The van der Waals surface area contributed by atoms with Gasteiger partial charge in [-0.05, 0) is 0 Å². The number of imide groups is 1. The Morgan fingerprint density at radius 3 is 1.67 bits per heavy atom. The second kappa shape index (κ2) is 2.04. The third-order valence-corrected chi connectivity index (χ3v) is 3.96. The number of amides is 2. The molecule has 2 fully saturated rings. The van der Waals surface area contributed by atoms with Crippen molar-refractivity contribution >= 4 is 11.8 Å². The van der Waals surface area contributed by atoms with Crippen LogP contribution in [0.1, 0.15) is 13.8 Å². The topological polar surface area (TPSA) is 85.0 Å². The van der Waals surface area contributed by atoms with Crippen LogP contribution in [0.15, 0.2) is 0 Å². The Hall–Kier alpha value is -1.88. The summed E-state index contributed by atoms with van der Waals surface area (Å²) >= 11 is 0. The van der Waals surface area contributed by atoms with Crippen molar-refractivity contribution in [3.63, 3.8) is 0 Å². The first-order chi connectivity index (χ1) is 6.85. The quantitative estimate of drug-likeness (QED) is 0.520. The van der Waals surface area contributed by atoms with E-state index in [1.54, 1.807) is 13.8 Å². The number of carbonyl (C=O) groups is 2. The highest BCUT2D eigenvalue weighted by Crippen LogP contribution is 2.81. The monoisotopic (exact) mass is 203 g/mol. The number of hydrogen-bond acceptors (Lipinski definition) is 4. The predicted octanol–water partition coefficient (Wildman–Crippen LogP) is 0.0448. The summed E-state index contributed by atoms with van der Waals surface area (Å²) in [5.41, 5.74) is -3.83. The van der Waals surface area contributed by atoms with E-state index in [-0.39, 0.29) is 0 Å². The van der Waals surface area contributed by atoms with Crippen LogP contribution in [0.5, 0.6) is 0 Å². The molecule has 0 N–H and O–H groups in total. The van der Waals surface area contributed by atoms with Gasteiger partial charge in [0.15, 0.2) is 10.8 Å². The standard InChI is InChI=1S/C10H9N3O2/c1-8(2)9(4-11)6(14)13(3)7(15)10(8,9)5-12/h1-3H3/t9-,10-/m0/s1. The number of likely N-dealkylation sites (tertiary alicyclic amines) is 1. The summed E-state index contributed by atoms with van der Waals surface area (Å²) in [5, 5.41) is 18.2. The first kappa shape index (κ1) is 9.67. The molecule has 5 nitrogen and oxygen atoms in total. The molecule has 2 rings (SSSR count). The summed E-state index contributed by atoms with van der Waals surface area (Å²) in [6, 6.07) is 3.74. The van der Waals surface area contributed by atoms with Crippen LogP contribution in [0.4, 0.5) is 0 Å². The van der Waals surface area contributed by atoms with Gasteiger partial charge in [-0.15, -0.1) is 0 Å².